The lowest BCUT2D eigenvalue weighted by atomic mass is 10.2. The number of hydrogen-bond donors (Lipinski definition) is 1. The van der Waals surface area contributed by atoms with E-state index in [1.54, 1.807) is 0 Å². The van der Waals surface area contributed by atoms with E-state index >= 15 is 0 Å². The first kappa shape index (κ1) is 13.2. The van der Waals surface area contributed by atoms with Crippen molar-refractivity contribution >= 4 is 24.0 Å². The highest BCUT2D eigenvalue weighted by Gasteiger charge is 1.98. The molecule has 0 aromatic rings. The lowest BCUT2D eigenvalue weighted by Gasteiger charge is -2.12. The fourth-order valence-corrected chi connectivity index (χ4v) is 0.945. The first-order chi connectivity index (χ1) is 4.35. The summed E-state index contributed by atoms with van der Waals surface area (Å²) in [6.45, 7) is 5.32. The molecule has 0 aliphatic heterocycles. The zero-order valence-electron chi connectivity index (χ0n) is 6.69. The summed E-state index contributed by atoms with van der Waals surface area (Å²) >= 11 is 5.50. The van der Waals surface area contributed by atoms with Crippen molar-refractivity contribution in [1.82, 2.24) is 5.32 Å². The van der Waals surface area contributed by atoms with Crippen LogP contribution in [0.5, 0.6) is 0 Å². The largest absolute Gasteiger partial charge is 0.313 e. The number of nitrogens with one attached hydrogen (secondary N) is 1. The maximum absolute atomic E-state index is 5.50. The minimum absolute atomic E-state index is 0. The summed E-state index contributed by atoms with van der Waals surface area (Å²) in [5.41, 5.74) is 0. The van der Waals surface area contributed by atoms with Crippen LogP contribution < -0.4 is 5.32 Å². The average molecular weight is 186 g/mol. The molecule has 10 heavy (non-hydrogen) atoms. The van der Waals surface area contributed by atoms with E-state index in [-0.39, 0.29) is 12.4 Å². The van der Waals surface area contributed by atoms with E-state index in [9.17, 15) is 0 Å². The maximum Gasteiger partial charge on any atom is 0.0348 e. The van der Waals surface area contributed by atoms with Crippen LogP contribution in [0.15, 0.2) is 0 Å². The van der Waals surface area contributed by atoms with Gasteiger partial charge >= 0.3 is 0 Å². The van der Waals surface area contributed by atoms with Gasteiger partial charge in [-0.05, 0) is 12.8 Å². The summed E-state index contributed by atoms with van der Waals surface area (Å²) < 4.78 is 0. The van der Waals surface area contributed by atoms with Gasteiger partial charge in [0.25, 0.3) is 0 Å². The van der Waals surface area contributed by atoms with Crippen LogP contribution in [0.3, 0.4) is 0 Å². The van der Waals surface area contributed by atoms with Crippen LogP contribution in [0.25, 0.3) is 0 Å². The van der Waals surface area contributed by atoms with Crippen molar-refractivity contribution in [3.8, 4) is 0 Å². The molecule has 0 spiro atoms. The monoisotopic (exact) mass is 185 g/mol. The van der Waals surface area contributed by atoms with Gasteiger partial charge in [-0.15, -0.1) is 24.0 Å². The predicted octanol–water partition coefficient (Wildman–Crippen LogP) is 2.43. The van der Waals surface area contributed by atoms with E-state index in [0.29, 0.717) is 6.04 Å². The summed E-state index contributed by atoms with van der Waals surface area (Å²) in [6, 6.07) is 0.670. The molecule has 0 aliphatic rings. The smallest absolute Gasteiger partial charge is 0.0348 e. The Kier molecular flexibility index (Phi) is 12.5. The molecule has 0 fully saturated rings. The molecular formula is C7H17Cl2N. The fourth-order valence-electron chi connectivity index (χ4n) is 0.836. The molecule has 0 aromatic carbocycles. The van der Waals surface area contributed by atoms with E-state index in [1.165, 1.54) is 12.8 Å². The van der Waals surface area contributed by atoms with E-state index in [0.717, 1.165) is 12.4 Å². The Bertz CT molecular complexity index is 55.6. The number of halogens is 2. The van der Waals surface area contributed by atoms with Crippen LogP contribution in [0.2, 0.25) is 0 Å². The summed E-state index contributed by atoms with van der Waals surface area (Å²) in [5, 5.41) is 3.34. The second-order valence-corrected chi connectivity index (χ2v) is 2.53. The molecule has 64 valence electrons. The molecule has 1 nitrogen and oxygen atoms in total. The highest BCUT2D eigenvalue weighted by Crippen LogP contribution is 1.94. The Morgan fingerprint density at radius 2 is 1.80 bits per heavy atom. The normalized spacial score (nSPS) is 9.60. The van der Waals surface area contributed by atoms with Crippen molar-refractivity contribution in [1.29, 1.82) is 0 Å². The maximum atomic E-state index is 5.50. The van der Waals surface area contributed by atoms with Crippen LogP contribution in [-0.4, -0.2) is 18.5 Å². The molecule has 0 bridgehead atoms. The van der Waals surface area contributed by atoms with E-state index in [2.05, 4.69) is 19.2 Å². The van der Waals surface area contributed by atoms with Crippen molar-refractivity contribution in [3.63, 3.8) is 0 Å². The van der Waals surface area contributed by atoms with Gasteiger partial charge in [0.1, 0.15) is 0 Å². The van der Waals surface area contributed by atoms with Gasteiger partial charge in [-0.3, -0.25) is 0 Å². The van der Waals surface area contributed by atoms with Crippen LogP contribution in [0.4, 0.5) is 0 Å². The molecule has 0 rings (SSSR count). The standard InChI is InChI=1S/C7H16ClN.ClH/c1-3-7(4-2)9-6-5-8;/h7,9H,3-6H2,1-2H3;1H. The summed E-state index contributed by atoms with van der Waals surface area (Å²) in [7, 11) is 0. The molecule has 0 atom stereocenters. The van der Waals surface area contributed by atoms with Gasteiger partial charge < -0.3 is 5.32 Å². The first-order valence-corrected chi connectivity index (χ1v) is 4.17. The third-order valence-corrected chi connectivity index (χ3v) is 1.70. The van der Waals surface area contributed by atoms with Gasteiger partial charge in [-0.1, -0.05) is 13.8 Å². The number of alkyl halides is 1. The average Bonchev–Trinajstić information content (AvgIpc) is 1.91. The predicted molar refractivity (Wildman–Crippen MR) is 50.3 cm³/mol. The lowest BCUT2D eigenvalue weighted by Crippen LogP contribution is -2.29. The van der Waals surface area contributed by atoms with E-state index in [4.69, 9.17) is 11.6 Å². The number of hydrogen-bond acceptors (Lipinski definition) is 1. The number of rotatable bonds is 5. The summed E-state index contributed by atoms with van der Waals surface area (Å²) in [4.78, 5) is 0. The fraction of sp³-hybridized carbons (Fsp3) is 1.00. The SMILES string of the molecule is CCC(CC)NCCCl.Cl. The Morgan fingerprint density at radius 1 is 1.30 bits per heavy atom. The van der Waals surface area contributed by atoms with E-state index < -0.39 is 0 Å². The Hall–Kier alpha value is 0.540. The molecule has 0 aliphatic carbocycles. The molecule has 0 amide bonds. The van der Waals surface area contributed by atoms with Crippen molar-refractivity contribution in [3.05, 3.63) is 0 Å². The van der Waals surface area contributed by atoms with Gasteiger partial charge in [0, 0.05) is 18.5 Å². The van der Waals surface area contributed by atoms with Crippen molar-refractivity contribution in [2.45, 2.75) is 32.7 Å². The zero-order valence-corrected chi connectivity index (χ0v) is 8.26. The third kappa shape index (κ3) is 6.66. The lowest BCUT2D eigenvalue weighted by molar-refractivity contribution is 0.500. The Labute approximate surface area is 74.9 Å². The molecule has 1 N–H and O–H groups in total. The highest BCUT2D eigenvalue weighted by molar-refractivity contribution is 6.18. The van der Waals surface area contributed by atoms with Gasteiger partial charge in [-0.25, -0.2) is 0 Å². The molecule has 3 heteroatoms. The van der Waals surface area contributed by atoms with Gasteiger partial charge in [0.15, 0.2) is 0 Å². The molecule has 0 radical (unpaired) electrons. The Morgan fingerprint density at radius 3 is 2.10 bits per heavy atom. The quantitative estimate of drug-likeness (QED) is 0.650. The summed E-state index contributed by atoms with van der Waals surface area (Å²) in [6.07, 6.45) is 2.40. The second-order valence-electron chi connectivity index (χ2n) is 2.16. The van der Waals surface area contributed by atoms with Crippen molar-refractivity contribution in [2.24, 2.45) is 0 Å². The van der Waals surface area contributed by atoms with Crippen LogP contribution >= 0.6 is 24.0 Å². The molecular weight excluding hydrogens is 169 g/mol. The molecule has 0 saturated carbocycles. The molecule has 0 saturated heterocycles. The van der Waals surface area contributed by atoms with Crippen LogP contribution in [0.1, 0.15) is 26.7 Å². The molecule has 0 heterocycles. The van der Waals surface area contributed by atoms with Crippen molar-refractivity contribution in [2.75, 3.05) is 12.4 Å². The Balaban J connectivity index is 0. The summed E-state index contributed by atoms with van der Waals surface area (Å²) in [5.74, 6) is 0.719. The van der Waals surface area contributed by atoms with Crippen LogP contribution in [-0.2, 0) is 0 Å². The van der Waals surface area contributed by atoms with Crippen LogP contribution in [0, 0.1) is 0 Å². The van der Waals surface area contributed by atoms with Gasteiger partial charge in [0.2, 0.25) is 0 Å². The van der Waals surface area contributed by atoms with E-state index in [1.807, 2.05) is 0 Å². The van der Waals surface area contributed by atoms with Gasteiger partial charge in [-0.2, -0.15) is 0 Å². The topological polar surface area (TPSA) is 12.0 Å². The van der Waals surface area contributed by atoms with Gasteiger partial charge in [0.05, 0.1) is 0 Å². The minimum atomic E-state index is 0. The molecule has 0 aromatic heterocycles. The van der Waals surface area contributed by atoms with Crippen molar-refractivity contribution < 1.29 is 0 Å². The molecule has 0 unspecified atom stereocenters. The zero-order chi connectivity index (χ0) is 7.11. The first-order valence-electron chi connectivity index (χ1n) is 3.64. The second kappa shape index (κ2) is 9.54. The minimum Gasteiger partial charge on any atom is -0.313 e. The third-order valence-electron chi connectivity index (χ3n) is 1.51. The highest BCUT2D eigenvalue weighted by atomic mass is 35.5.